The molecule has 0 radical (unpaired) electrons. The van der Waals surface area contributed by atoms with Crippen LogP contribution in [-0.2, 0) is 53.9 Å². The molecule has 24 nitrogen and oxygen atoms in total. The SMILES string of the molecule is [O-][Cl+3]([O-])([O-])[O-].[O-][Cl+3]([O-])([O-])[O-].[O-][Cl+3]([O-])([O-])[O-].[O-][Cl+3]([O-])([O-])[O-].[Pd+2].[Pd+2].c1cc(CN2CCCNCCNCCCNCC2)ccc1CN1CCCNCCNCCCNCC1. The third-order valence-electron chi connectivity index (χ3n) is 7.07. The molecular weight excluding hydrogens is 1060 g/mol. The Morgan fingerprint density at radius 3 is 0.776 bits per heavy atom. The predicted octanol–water partition coefficient (Wildman–Crippen LogP) is -18.6. The quantitative estimate of drug-likeness (QED) is 0.152. The number of halogens is 4. The van der Waals surface area contributed by atoms with Crippen molar-refractivity contribution in [1.29, 1.82) is 0 Å². The molecule has 0 saturated carbocycles. The molecule has 0 unspecified atom stereocenters. The molecule has 0 spiro atoms. The van der Waals surface area contributed by atoms with E-state index >= 15 is 0 Å². The molecule has 0 amide bonds. The second-order valence-corrected chi connectivity index (χ2v) is 14.8. The molecule has 0 aliphatic carbocycles. The van der Waals surface area contributed by atoms with Gasteiger partial charge in [0.1, 0.15) is 0 Å². The molecule has 58 heavy (non-hydrogen) atoms. The molecular formula is C28H54Cl4N8O16Pd2. The van der Waals surface area contributed by atoms with E-state index in [1.165, 1.54) is 36.8 Å². The van der Waals surface area contributed by atoms with Gasteiger partial charge in [-0.1, -0.05) is 24.3 Å². The fraction of sp³-hybridized carbons (Fsp3) is 0.786. The molecule has 2 fully saturated rings. The first-order valence-electron chi connectivity index (χ1n) is 17.1. The van der Waals surface area contributed by atoms with Crippen LogP contribution >= 0.6 is 0 Å². The summed E-state index contributed by atoms with van der Waals surface area (Å²) in [6.45, 7) is 19.6. The van der Waals surface area contributed by atoms with Gasteiger partial charge in [-0.2, -0.15) is 0 Å². The van der Waals surface area contributed by atoms with Crippen molar-refractivity contribution in [2.75, 3.05) is 105 Å². The molecule has 6 N–H and O–H groups in total. The summed E-state index contributed by atoms with van der Waals surface area (Å²) in [5.41, 5.74) is 2.86. The van der Waals surface area contributed by atoms with Gasteiger partial charge in [0.2, 0.25) is 0 Å². The molecule has 1 aromatic carbocycles. The van der Waals surface area contributed by atoms with Crippen LogP contribution in [0.15, 0.2) is 24.3 Å². The van der Waals surface area contributed by atoms with Gasteiger partial charge in [0.05, 0.1) is 0 Å². The zero-order valence-electron chi connectivity index (χ0n) is 31.4. The van der Waals surface area contributed by atoms with Gasteiger partial charge in [0.25, 0.3) is 0 Å². The topological polar surface area (TPSA) is 448 Å². The van der Waals surface area contributed by atoms with Crippen molar-refractivity contribution in [2.24, 2.45) is 0 Å². The van der Waals surface area contributed by atoms with Gasteiger partial charge in [0, 0.05) is 65.4 Å². The summed E-state index contributed by atoms with van der Waals surface area (Å²) in [6.07, 6.45) is 4.80. The summed E-state index contributed by atoms with van der Waals surface area (Å²) in [6, 6.07) is 9.42. The van der Waals surface area contributed by atoms with Crippen LogP contribution < -0.4 is 106 Å². The first-order chi connectivity index (χ1) is 25.9. The summed E-state index contributed by atoms with van der Waals surface area (Å²) < 4.78 is 136. The zero-order chi connectivity index (χ0) is 42.9. The van der Waals surface area contributed by atoms with Crippen molar-refractivity contribution in [2.45, 2.75) is 38.8 Å². The van der Waals surface area contributed by atoms with Gasteiger partial charge >= 0.3 is 40.8 Å². The molecule has 1 aromatic rings. The fourth-order valence-electron chi connectivity index (χ4n) is 4.92. The third kappa shape index (κ3) is 68.5. The predicted molar refractivity (Wildman–Crippen MR) is 153 cm³/mol. The average Bonchev–Trinajstić information content (AvgIpc) is 3.02. The smallest absolute Gasteiger partial charge is 0.315 e. The number of nitrogens with one attached hydrogen (secondary N) is 6. The molecule has 2 heterocycles. The van der Waals surface area contributed by atoms with Crippen LogP contribution in [0.5, 0.6) is 0 Å². The largest absolute Gasteiger partial charge is 2.00 e. The zero-order valence-corrected chi connectivity index (χ0v) is 37.6. The van der Waals surface area contributed by atoms with E-state index in [-0.39, 0.29) is 40.8 Å². The molecule has 2 saturated heterocycles. The van der Waals surface area contributed by atoms with Crippen LogP contribution in [0.25, 0.3) is 0 Å². The van der Waals surface area contributed by atoms with Gasteiger partial charge in [-0.25, -0.2) is 74.5 Å². The van der Waals surface area contributed by atoms with E-state index in [0.717, 1.165) is 118 Å². The van der Waals surface area contributed by atoms with Crippen LogP contribution in [0, 0.1) is 41.0 Å². The van der Waals surface area contributed by atoms with E-state index in [9.17, 15) is 0 Å². The Morgan fingerprint density at radius 1 is 0.328 bits per heavy atom. The summed E-state index contributed by atoms with van der Waals surface area (Å²) >= 11 is 0. The van der Waals surface area contributed by atoms with E-state index in [4.69, 9.17) is 74.5 Å². The van der Waals surface area contributed by atoms with Crippen molar-refractivity contribution >= 4 is 0 Å². The number of rotatable bonds is 4. The Labute approximate surface area is 374 Å². The molecule has 350 valence electrons. The second kappa shape index (κ2) is 39.3. The van der Waals surface area contributed by atoms with Gasteiger partial charge in [-0.15, -0.1) is 41.0 Å². The Balaban J connectivity index is -0.000000548. The first-order valence-corrected chi connectivity index (χ1v) is 22.1. The normalized spacial score (nSPS) is 18.3. The molecule has 2 aliphatic rings. The maximum atomic E-state index is 8.49. The van der Waals surface area contributed by atoms with Crippen molar-refractivity contribution in [3.05, 3.63) is 35.4 Å². The van der Waals surface area contributed by atoms with E-state index in [0.29, 0.717) is 0 Å². The van der Waals surface area contributed by atoms with Crippen LogP contribution in [0.1, 0.15) is 36.8 Å². The number of hydrogen-bond donors (Lipinski definition) is 6. The summed E-state index contributed by atoms with van der Waals surface area (Å²) in [5, 5.41) is 21.4. The van der Waals surface area contributed by atoms with E-state index < -0.39 is 41.0 Å². The third-order valence-corrected chi connectivity index (χ3v) is 7.07. The van der Waals surface area contributed by atoms with E-state index in [2.05, 4.69) is 66.0 Å². The number of hydrogen-bond acceptors (Lipinski definition) is 24. The van der Waals surface area contributed by atoms with Crippen LogP contribution in [0.3, 0.4) is 0 Å². The second-order valence-electron chi connectivity index (χ2n) is 11.8. The van der Waals surface area contributed by atoms with Gasteiger partial charge in [-0.3, -0.25) is 9.80 Å². The Morgan fingerprint density at radius 2 is 0.534 bits per heavy atom. The summed E-state index contributed by atoms with van der Waals surface area (Å²) in [5.74, 6) is 0. The maximum absolute atomic E-state index is 8.49. The minimum absolute atomic E-state index is 0. The maximum Gasteiger partial charge on any atom is 2.00 e. The molecule has 0 bridgehead atoms. The molecule has 2 aliphatic heterocycles. The van der Waals surface area contributed by atoms with Crippen molar-refractivity contribution in [1.82, 2.24) is 41.7 Å². The van der Waals surface area contributed by atoms with Gasteiger partial charge in [-0.05, 0) is 89.2 Å². The van der Waals surface area contributed by atoms with E-state index in [1.54, 1.807) is 0 Å². The molecule has 0 atom stereocenters. The van der Waals surface area contributed by atoms with Gasteiger partial charge in [0.15, 0.2) is 0 Å². The van der Waals surface area contributed by atoms with Gasteiger partial charge < -0.3 is 31.9 Å². The minimum atomic E-state index is -4.94. The Kier molecular flexibility index (Phi) is 44.3. The van der Waals surface area contributed by atoms with Crippen LogP contribution in [0.2, 0.25) is 0 Å². The summed E-state index contributed by atoms with van der Waals surface area (Å²) in [7, 11) is -19.8. The van der Waals surface area contributed by atoms with E-state index in [1.807, 2.05) is 0 Å². The molecule has 0 aromatic heterocycles. The Bertz CT molecular complexity index is 888. The van der Waals surface area contributed by atoms with Crippen molar-refractivity contribution in [3.8, 4) is 0 Å². The molecule has 30 heteroatoms. The summed E-state index contributed by atoms with van der Waals surface area (Å²) in [4.78, 5) is 5.23. The van der Waals surface area contributed by atoms with Crippen molar-refractivity contribution in [3.63, 3.8) is 0 Å². The fourth-order valence-corrected chi connectivity index (χ4v) is 4.92. The number of benzene rings is 1. The van der Waals surface area contributed by atoms with Crippen molar-refractivity contribution < 1.29 is 156 Å². The Hall–Kier alpha value is 0.745. The van der Waals surface area contributed by atoms with Crippen LogP contribution in [-0.4, -0.2) is 115 Å². The minimum Gasteiger partial charge on any atom is -0.315 e. The average molecular weight is 1110 g/mol. The van der Waals surface area contributed by atoms with Crippen LogP contribution in [0.4, 0.5) is 0 Å². The molecule has 3 rings (SSSR count). The first kappa shape index (κ1) is 65.4. The number of nitrogens with zero attached hydrogens (tertiary/aromatic N) is 2. The standard InChI is InChI=1S/C28H54N8.4ClHO4.2Pd/c1-9-29-15-17-31-13-3-21-35(23-19-33-11-1)25-27-5-7-28(8-6-27)26-36-22-4-14-32-18-16-30-10-2-12-34-20-24-36;4*2-1(3,4)5;;/h5-8,29-34H,1-4,9-26H2;4*(H,2,3,4,5);;/q;;;;;2*+2/p-4. The monoisotopic (exact) mass is 1110 g/mol.